The molecule has 1 aromatic rings. The minimum atomic E-state index is 0.580. The average molecular weight is 288 g/mol. The van der Waals surface area contributed by atoms with Gasteiger partial charge in [0, 0.05) is 20.2 Å². The first-order chi connectivity index (χ1) is 9.22. The zero-order valence-electron chi connectivity index (χ0n) is 11.8. The van der Waals surface area contributed by atoms with Crippen LogP contribution in [0.5, 0.6) is 11.5 Å². The number of methoxy groups -OCH3 is 2. The molecule has 5 heteroatoms. The molecule has 0 aromatic heterocycles. The number of nitrogens with one attached hydrogen (secondary N) is 1. The third-order valence-corrected chi connectivity index (χ3v) is 2.83. The summed E-state index contributed by atoms with van der Waals surface area (Å²) in [5.74, 6) is 1.29. The molecular weight excluding hydrogens is 266 g/mol. The fourth-order valence-electron chi connectivity index (χ4n) is 1.63. The average Bonchev–Trinajstić information content (AvgIpc) is 2.42. The van der Waals surface area contributed by atoms with Crippen LogP contribution in [0.3, 0.4) is 0 Å². The first-order valence-corrected chi connectivity index (χ1v) is 6.79. The number of hydrogen-bond donors (Lipinski definition) is 1. The van der Waals surface area contributed by atoms with Crippen molar-refractivity contribution in [1.82, 2.24) is 5.32 Å². The minimum absolute atomic E-state index is 0.580. The Morgan fingerprint density at radius 1 is 1.21 bits per heavy atom. The van der Waals surface area contributed by atoms with Crippen molar-refractivity contribution in [1.29, 1.82) is 0 Å². The normalized spacial score (nSPS) is 10.5. The van der Waals surface area contributed by atoms with Crippen molar-refractivity contribution >= 4 is 11.6 Å². The van der Waals surface area contributed by atoms with Crippen LogP contribution in [0, 0.1) is 0 Å². The first kappa shape index (κ1) is 16.1. The number of rotatable bonds is 9. The highest BCUT2D eigenvalue weighted by molar-refractivity contribution is 6.32. The van der Waals surface area contributed by atoms with Gasteiger partial charge in [-0.25, -0.2) is 0 Å². The molecule has 0 radical (unpaired) electrons. The summed E-state index contributed by atoms with van der Waals surface area (Å²) in [5, 5.41) is 3.84. The van der Waals surface area contributed by atoms with Gasteiger partial charge in [-0.1, -0.05) is 18.5 Å². The van der Waals surface area contributed by atoms with Gasteiger partial charge in [-0.3, -0.25) is 0 Å². The van der Waals surface area contributed by atoms with Crippen LogP contribution in [0.15, 0.2) is 12.1 Å². The molecule has 0 saturated carbocycles. The van der Waals surface area contributed by atoms with Gasteiger partial charge in [-0.05, 0) is 24.1 Å². The van der Waals surface area contributed by atoms with Crippen LogP contribution in [0.4, 0.5) is 0 Å². The second-order valence-electron chi connectivity index (χ2n) is 4.13. The quantitative estimate of drug-likeness (QED) is 0.709. The van der Waals surface area contributed by atoms with Crippen LogP contribution < -0.4 is 14.8 Å². The maximum Gasteiger partial charge on any atom is 0.179 e. The Hall–Kier alpha value is -0.970. The van der Waals surface area contributed by atoms with Crippen LogP contribution in [-0.2, 0) is 11.3 Å². The number of ether oxygens (including phenoxy) is 3. The molecule has 0 saturated heterocycles. The molecule has 108 valence electrons. The predicted octanol–water partition coefficient (Wildman–Crippen LogP) is 2.87. The van der Waals surface area contributed by atoms with Crippen molar-refractivity contribution in [2.24, 2.45) is 0 Å². The van der Waals surface area contributed by atoms with E-state index in [4.69, 9.17) is 25.8 Å². The molecule has 19 heavy (non-hydrogen) atoms. The van der Waals surface area contributed by atoms with Crippen molar-refractivity contribution in [2.75, 3.05) is 34.0 Å². The fourth-order valence-corrected chi connectivity index (χ4v) is 1.91. The van der Waals surface area contributed by atoms with E-state index in [-0.39, 0.29) is 0 Å². The summed E-state index contributed by atoms with van der Waals surface area (Å²) in [6.45, 7) is 4.87. The summed E-state index contributed by atoms with van der Waals surface area (Å²) in [6.07, 6.45) is 0.930. The zero-order valence-corrected chi connectivity index (χ0v) is 12.5. The van der Waals surface area contributed by atoms with Gasteiger partial charge in [0.05, 0.1) is 25.3 Å². The zero-order chi connectivity index (χ0) is 14.1. The molecule has 0 aliphatic carbocycles. The number of halogens is 1. The van der Waals surface area contributed by atoms with Crippen molar-refractivity contribution in [3.05, 3.63) is 22.7 Å². The van der Waals surface area contributed by atoms with E-state index < -0.39 is 0 Å². The summed E-state index contributed by atoms with van der Waals surface area (Å²) < 4.78 is 15.9. The number of benzene rings is 1. The van der Waals surface area contributed by atoms with Crippen LogP contribution in [0.25, 0.3) is 0 Å². The van der Waals surface area contributed by atoms with Gasteiger partial charge < -0.3 is 19.5 Å². The third kappa shape index (κ3) is 5.27. The highest BCUT2D eigenvalue weighted by Crippen LogP contribution is 2.36. The molecule has 1 aromatic carbocycles. The van der Waals surface area contributed by atoms with Crippen molar-refractivity contribution < 1.29 is 14.2 Å². The van der Waals surface area contributed by atoms with Gasteiger partial charge >= 0.3 is 0 Å². The smallest absolute Gasteiger partial charge is 0.179 e. The summed E-state index contributed by atoms with van der Waals surface area (Å²) in [6, 6.07) is 3.84. The van der Waals surface area contributed by atoms with Crippen LogP contribution in [-0.4, -0.2) is 34.0 Å². The van der Waals surface area contributed by atoms with E-state index in [0.717, 1.165) is 18.5 Å². The SMILES string of the molecule is CCCOc1c(Cl)cc(CNCCOC)cc1OC. The summed E-state index contributed by atoms with van der Waals surface area (Å²) in [5.41, 5.74) is 1.06. The van der Waals surface area contributed by atoms with Gasteiger partial charge in [0.1, 0.15) is 0 Å². The lowest BCUT2D eigenvalue weighted by Crippen LogP contribution is -2.18. The van der Waals surface area contributed by atoms with Gasteiger partial charge in [0.25, 0.3) is 0 Å². The molecular formula is C14H22ClNO3. The Bertz CT molecular complexity index is 385. The highest BCUT2D eigenvalue weighted by Gasteiger charge is 2.11. The Kier molecular flexibility index (Phi) is 7.63. The maximum atomic E-state index is 6.23. The van der Waals surface area contributed by atoms with Gasteiger partial charge in [-0.2, -0.15) is 0 Å². The molecule has 1 rings (SSSR count). The van der Waals surface area contributed by atoms with Crippen molar-refractivity contribution in [3.8, 4) is 11.5 Å². The lowest BCUT2D eigenvalue weighted by atomic mass is 10.2. The van der Waals surface area contributed by atoms with E-state index >= 15 is 0 Å². The number of hydrogen-bond acceptors (Lipinski definition) is 4. The third-order valence-electron chi connectivity index (χ3n) is 2.55. The van der Waals surface area contributed by atoms with Crippen molar-refractivity contribution in [2.45, 2.75) is 19.9 Å². The lowest BCUT2D eigenvalue weighted by molar-refractivity contribution is 0.199. The molecule has 0 amide bonds. The predicted molar refractivity (Wildman–Crippen MR) is 77.4 cm³/mol. The maximum absolute atomic E-state index is 6.23. The van der Waals surface area contributed by atoms with Gasteiger partial charge in [0.15, 0.2) is 11.5 Å². The van der Waals surface area contributed by atoms with E-state index in [1.54, 1.807) is 14.2 Å². The van der Waals surface area contributed by atoms with Gasteiger partial charge in [-0.15, -0.1) is 0 Å². The standard InChI is InChI=1S/C14H22ClNO3/c1-4-6-19-14-12(15)8-11(9-13(14)18-3)10-16-5-7-17-2/h8-9,16H,4-7,10H2,1-3H3. The van der Waals surface area contributed by atoms with Crippen LogP contribution >= 0.6 is 11.6 Å². The summed E-state index contributed by atoms with van der Waals surface area (Å²) >= 11 is 6.23. The van der Waals surface area contributed by atoms with E-state index in [1.807, 2.05) is 12.1 Å². The molecule has 0 bridgehead atoms. The molecule has 0 aliphatic rings. The lowest BCUT2D eigenvalue weighted by Gasteiger charge is -2.14. The summed E-state index contributed by atoms with van der Waals surface area (Å²) in [7, 11) is 3.30. The van der Waals surface area contributed by atoms with E-state index in [0.29, 0.717) is 36.3 Å². The summed E-state index contributed by atoms with van der Waals surface area (Å²) in [4.78, 5) is 0. The van der Waals surface area contributed by atoms with E-state index in [2.05, 4.69) is 12.2 Å². The molecule has 0 atom stereocenters. The van der Waals surface area contributed by atoms with Gasteiger partial charge in [0.2, 0.25) is 0 Å². The fraction of sp³-hybridized carbons (Fsp3) is 0.571. The molecule has 0 aliphatic heterocycles. The Morgan fingerprint density at radius 3 is 2.63 bits per heavy atom. The molecule has 0 heterocycles. The van der Waals surface area contributed by atoms with Crippen molar-refractivity contribution in [3.63, 3.8) is 0 Å². The van der Waals surface area contributed by atoms with Crippen LogP contribution in [0.2, 0.25) is 5.02 Å². The van der Waals surface area contributed by atoms with Crippen LogP contribution in [0.1, 0.15) is 18.9 Å². The Balaban J connectivity index is 2.71. The largest absolute Gasteiger partial charge is 0.493 e. The highest BCUT2D eigenvalue weighted by atomic mass is 35.5. The molecule has 0 unspecified atom stereocenters. The topological polar surface area (TPSA) is 39.7 Å². The first-order valence-electron chi connectivity index (χ1n) is 6.41. The second kappa shape index (κ2) is 9.02. The molecule has 4 nitrogen and oxygen atoms in total. The molecule has 0 fully saturated rings. The Morgan fingerprint density at radius 2 is 2.00 bits per heavy atom. The minimum Gasteiger partial charge on any atom is -0.493 e. The van der Waals surface area contributed by atoms with E-state index in [1.165, 1.54) is 0 Å². The Labute approximate surface area is 120 Å². The molecule has 0 spiro atoms. The van der Waals surface area contributed by atoms with E-state index in [9.17, 15) is 0 Å². The second-order valence-corrected chi connectivity index (χ2v) is 4.53. The monoisotopic (exact) mass is 287 g/mol. The molecule has 1 N–H and O–H groups in total.